The molecule has 0 bridgehead atoms. The molecule has 2 aromatic rings. The summed E-state index contributed by atoms with van der Waals surface area (Å²) in [6.45, 7) is 14.9. The highest BCUT2D eigenvalue weighted by molar-refractivity contribution is 7.86. The van der Waals surface area contributed by atoms with Crippen LogP contribution in [0, 0.1) is 0 Å². The molecule has 0 saturated carbocycles. The van der Waals surface area contributed by atoms with Crippen LogP contribution in [0.1, 0.15) is 206 Å². The summed E-state index contributed by atoms with van der Waals surface area (Å²) < 4.78 is 33.5. The SMILES string of the molecule is CC(C)c1cc2ccccc2c(S(=O)(=O)O)c1C(C)C.CCCCCCCCC(P)(CCCCCCCC)CCCCCCCC. The van der Waals surface area contributed by atoms with Gasteiger partial charge in [0.05, 0.1) is 0 Å². The predicted octanol–water partition coefficient (Wildman–Crippen LogP) is 14.2. The van der Waals surface area contributed by atoms with Gasteiger partial charge in [-0.2, -0.15) is 8.42 Å². The maximum atomic E-state index is 11.9. The maximum absolute atomic E-state index is 11.9. The molecule has 0 aromatic heterocycles. The number of unbranched alkanes of at least 4 members (excludes halogenated alkanes) is 15. The lowest BCUT2D eigenvalue weighted by Gasteiger charge is -2.30. The summed E-state index contributed by atoms with van der Waals surface area (Å²) in [6, 6.07) is 9.31. The third-order valence-corrected chi connectivity index (χ3v) is 11.4. The van der Waals surface area contributed by atoms with E-state index in [2.05, 4.69) is 30.0 Å². The Kier molecular flexibility index (Phi) is 22.7. The second-order valence-electron chi connectivity index (χ2n) is 14.6. The molecular formula is C41H73O3PS. The monoisotopic (exact) mass is 677 g/mol. The van der Waals surface area contributed by atoms with Crippen LogP contribution in [0.3, 0.4) is 0 Å². The Morgan fingerprint density at radius 3 is 1.39 bits per heavy atom. The molecule has 1 N–H and O–H groups in total. The third kappa shape index (κ3) is 16.9. The van der Waals surface area contributed by atoms with E-state index in [9.17, 15) is 13.0 Å². The Labute approximate surface area is 288 Å². The van der Waals surface area contributed by atoms with Crippen molar-refractivity contribution in [2.75, 3.05) is 0 Å². The number of rotatable bonds is 24. The Morgan fingerprint density at radius 1 is 0.630 bits per heavy atom. The molecule has 0 saturated heterocycles. The number of fused-ring (bicyclic) bond motifs is 1. The van der Waals surface area contributed by atoms with Crippen molar-refractivity contribution in [3.63, 3.8) is 0 Å². The first-order valence-corrected chi connectivity index (χ1v) is 21.2. The van der Waals surface area contributed by atoms with Crippen molar-refractivity contribution in [1.82, 2.24) is 0 Å². The summed E-state index contributed by atoms with van der Waals surface area (Å²) in [5, 5.41) is 1.98. The smallest absolute Gasteiger partial charge is 0.282 e. The van der Waals surface area contributed by atoms with Crippen molar-refractivity contribution in [2.24, 2.45) is 0 Å². The highest BCUT2D eigenvalue weighted by atomic mass is 32.2. The molecule has 2 rings (SSSR count). The van der Waals surface area contributed by atoms with Gasteiger partial charge in [0, 0.05) is 5.39 Å². The van der Waals surface area contributed by atoms with Crippen molar-refractivity contribution < 1.29 is 13.0 Å². The number of benzene rings is 2. The Balaban J connectivity index is 0.000000473. The summed E-state index contributed by atoms with van der Waals surface area (Å²) in [5.74, 6) is 0.214. The van der Waals surface area contributed by atoms with Gasteiger partial charge >= 0.3 is 0 Å². The Morgan fingerprint density at radius 2 is 1.02 bits per heavy atom. The van der Waals surface area contributed by atoms with Crippen LogP contribution >= 0.6 is 9.24 Å². The van der Waals surface area contributed by atoms with Crippen LogP contribution in [0.15, 0.2) is 35.2 Å². The zero-order valence-electron chi connectivity index (χ0n) is 31.1. The molecule has 0 aliphatic carbocycles. The average molecular weight is 677 g/mol. The van der Waals surface area contributed by atoms with Gasteiger partial charge < -0.3 is 0 Å². The highest BCUT2D eigenvalue weighted by Gasteiger charge is 2.25. The van der Waals surface area contributed by atoms with Gasteiger partial charge in [0.15, 0.2) is 0 Å². The van der Waals surface area contributed by atoms with Crippen LogP contribution in [0.5, 0.6) is 0 Å². The molecule has 0 radical (unpaired) electrons. The van der Waals surface area contributed by atoms with Crippen LogP contribution in [0.2, 0.25) is 0 Å². The third-order valence-electron chi connectivity index (χ3n) is 9.61. The standard InChI is InChI=1S/C25H53P.C16H20O3S/c1-4-7-10-13-16-19-22-25(26,23-20-17-14-11-8-5-2)24-21-18-15-12-9-6-3;1-10(2)14-9-12-7-5-6-8-13(12)16(20(17,18)19)15(14)11(3)4/h4-24,26H2,1-3H3;5-11H,1-4H3,(H,17,18,19). The van der Waals surface area contributed by atoms with E-state index in [-0.39, 0.29) is 16.7 Å². The second kappa shape index (κ2) is 24.2. The Hall–Kier alpha value is -0.960. The number of hydrogen-bond acceptors (Lipinski definition) is 2. The molecule has 0 spiro atoms. The molecule has 3 nitrogen and oxygen atoms in total. The molecule has 46 heavy (non-hydrogen) atoms. The first-order chi connectivity index (χ1) is 21.9. The van der Waals surface area contributed by atoms with E-state index in [1.807, 2.05) is 45.9 Å². The van der Waals surface area contributed by atoms with Crippen LogP contribution < -0.4 is 0 Å². The summed E-state index contributed by atoms with van der Waals surface area (Å²) >= 11 is 0. The van der Waals surface area contributed by atoms with Crippen LogP contribution in [0.4, 0.5) is 0 Å². The van der Waals surface area contributed by atoms with Gasteiger partial charge in [-0.05, 0) is 52.8 Å². The summed E-state index contributed by atoms with van der Waals surface area (Å²) in [7, 11) is -0.923. The quantitative estimate of drug-likeness (QED) is 0.0684. The van der Waals surface area contributed by atoms with Crippen LogP contribution in [-0.2, 0) is 10.1 Å². The normalized spacial score (nSPS) is 12.2. The summed E-state index contributed by atoms with van der Waals surface area (Å²) in [6.07, 6.45) is 30.2. The van der Waals surface area contributed by atoms with Crippen molar-refractivity contribution in [1.29, 1.82) is 0 Å². The molecule has 2 aromatic carbocycles. The maximum Gasteiger partial charge on any atom is 0.295 e. The Bertz CT molecular complexity index is 1130. The molecule has 0 aliphatic rings. The van der Waals surface area contributed by atoms with Gasteiger partial charge in [-0.1, -0.05) is 194 Å². The molecule has 1 unspecified atom stereocenters. The summed E-state index contributed by atoms with van der Waals surface area (Å²) in [5.41, 5.74) is 1.70. The molecule has 1 atom stereocenters. The lowest BCUT2D eigenvalue weighted by molar-refractivity contribution is 0.402. The fourth-order valence-corrected chi connectivity index (χ4v) is 8.56. The van der Waals surface area contributed by atoms with E-state index in [1.165, 1.54) is 135 Å². The molecule has 5 heteroatoms. The first kappa shape index (κ1) is 43.1. The average Bonchev–Trinajstić information content (AvgIpc) is 3.01. The summed E-state index contributed by atoms with van der Waals surface area (Å²) in [4.78, 5) is 0.0642. The van der Waals surface area contributed by atoms with Gasteiger partial charge in [0.25, 0.3) is 10.1 Å². The molecule has 266 valence electrons. The lowest BCUT2D eigenvalue weighted by Crippen LogP contribution is -2.20. The van der Waals surface area contributed by atoms with E-state index in [0.29, 0.717) is 10.5 Å². The fourth-order valence-electron chi connectivity index (χ4n) is 6.85. The lowest BCUT2D eigenvalue weighted by atomic mass is 9.88. The first-order valence-electron chi connectivity index (χ1n) is 19.2. The predicted molar refractivity (Wildman–Crippen MR) is 208 cm³/mol. The van der Waals surface area contributed by atoms with E-state index < -0.39 is 10.1 Å². The minimum Gasteiger partial charge on any atom is -0.282 e. The van der Waals surface area contributed by atoms with Gasteiger partial charge in [-0.3, -0.25) is 4.55 Å². The minimum absolute atomic E-state index is 0.0222. The van der Waals surface area contributed by atoms with Gasteiger partial charge in [-0.15, -0.1) is 9.24 Å². The topological polar surface area (TPSA) is 54.4 Å². The van der Waals surface area contributed by atoms with Crippen LogP contribution in [0.25, 0.3) is 10.8 Å². The zero-order chi connectivity index (χ0) is 34.4. The van der Waals surface area contributed by atoms with Crippen molar-refractivity contribution in [2.45, 2.75) is 205 Å². The van der Waals surface area contributed by atoms with Gasteiger partial charge in [-0.25, -0.2) is 0 Å². The molecular weight excluding hydrogens is 603 g/mol. The van der Waals surface area contributed by atoms with E-state index in [4.69, 9.17) is 0 Å². The van der Waals surface area contributed by atoms with E-state index in [1.54, 1.807) is 12.1 Å². The van der Waals surface area contributed by atoms with Crippen LogP contribution in [-0.4, -0.2) is 18.1 Å². The van der Waals surface area contributed by atoms with E-state index in [0.717, 1.165) is 16.5 Å². The van der Waals surface area contributed by atoms with E-state index >= 15 is 0 Å². The molecule has 0 heterocycles. The number of hydrogen-bond donors (Lipinski definition) is 1. The van der Waals surface area contributed by atoms with Gasteiger partial charge in [0.1, 0.15) is 4.90 Å². The second-order valence-corrected chi connectivity index (χ2v) is 17.2. The van der Waals surface area contributed by atoms with Crippen molar-refractivity contribution in [3.8, 4) is 0 Å². The molecule has 0 aliphatic heterocycles. The largest absolute Gasteiger partial charge is 0.295 e. The fraction of sp³-hybridized carbons (Fsp3) is 0.756. The zero-order valence-corrected chi connectivity index (χ0v) is 33.1. The van der Waals surface area contributed by atoms with Crippen molar-refractivity contribution in [3.05, 3.63) is 41.5 Å². The minimum atomic E-state index is -4.26. The van der Waals surface area contributed by atoms with Gasteiger partial charge in [0.2, 0.25) is 0 Å². The molecule has 0 amide bonds. The highest BCUT2D eigenvalue weighted by Crippen LogP contribution is 2.38. The van der Waals surface area contributed by atoms with Crippen molar-refractivity contribution >= 4 is 30.1 Å². The molecule has 0 fully saturated rings.